The van der Waals surface area contributed by atoms with Gasteiger partial charge in [-0.3, -0.25) is 4.79 Å². The predicted octanol–water partition coefficient (Wildman–Crippen LogP) is -0.225. The van der Waals surface area contributed by atoms with Gasteiger partial charge in [0.25, 0.3) is 0 Å². The molecule has 0 unspecified atom stereocenters. The molecule has 6 heteroatoms. The summed E-state index contributed by atoms with van der Waals surface area (Å²) in [4.78, 5) is 25.7. The van der Waals surface area contributed by atoms with Gasteiger partial charge in [0.05, 0.1) is 6.61 Å². The lowest BCUT2D eigenvalue weighted by Crippen LogP contribution is -2.14. The first-order valence-electron chi connectivity index (χ1n) is 3.71. The van der Waals surface area contributed by atoms with Crippen LogP contribution in [0.15, 0.2) is 5.16 Å². The highest BCUT2D eigenvalue weighted by molar-refractivity contribution is 5.91. The number of oxime groups is 1. The topological polar surface area (TPSA) is 91.0 Å². The highest BCUT2D eigenvalue weighted by atomic mass is 16.7. The first kappa shape index (κ1) is 11.4. The van der Waals surface area contributed by atoms with Gasteiger partial charge in [0.2, 0.25) is 0 Å². The molecule has 0 spiro atoms. The van der Waals surface area contributed by atoms with Crippen molar-refractivity contribution >= 4 is 17.8 Å². The van der Waals surface area contributed by atoms with Crippen LogP contribution >= 0.6 is 0 Å². The number of rotatable bonds is 4. The van der Waals surface area contributed by atoms with Gasteiger partial charge in [0, 0.05) is 0 Å². The van der Waals surface area contributed by atoms with Crippen LogP contribution in [0.25, 0.3) is 0 Å². The molecule has 0 saturated heterocycles. The Kier molecular flexibility index (Phi) is 5.25. The van der Waals surface area contributed by atoms with E-state index in [1.165, 1.54) is 6.92 Å². The Morgan fingerprint density at radius 3 is 2.46 bits per heavy atom. The zero-order valence-electron chi connectivity index (χ0n) is 7.57. The Balaban J connectivity index is 3.75. The van der Waals surface area contributed by atoms with E-state index >= 15 is 0 Å². The van der Waals surface area contributed by atoms with E-state index in [1.807, 2.05) is 0 Å². The molecule has 0 saturated carbocycles. The minimum Gasteiger partial charge on any atom is -0.466 e. The van der Waals surface area contributed by atoms with Gasteiger partial charge in [-0.2, -0.15) is 0 Å². The maximum atomic E-state index is 10.7. The number of carbonyl (C=O) groups is 2. The van der Waals surface area contributed by atoms with Gasteiger partial charge in [-0.25, -0.2) is 4.79 Å². The average Bonchev–Trinajstić information content (AvgIpc) is 2.01. The highest BCUT2D eigenvalue weighted by Gasteiger charge is 2.11. The summed E-state index contributed by atoms with van der Waals surface area (Å²) in [6, 6.07) is 0. The Labute approximate surface area is 75.7 Å². The normalized spacial score (nSPS) is 10.8. The molecule has 0 amide bonds. The van der Waals surface area contributed by atoms with E-state index in [-0.39, 0.29) is 12.4 Å². The van der Waals surface area contributed by atoms with E-state index in [4.69, 9.17) is 5.73 Å². The third kappa shape index (κ3) is 6.79. The van der Waals surface area contributed by atoms with Crippen molar-refractivity contribution in [2.24, 2.45) is 10.9 Å². The quantitative estimate of drug-likeness (QED) is 0.164. The minimum atomic E-state index is -0.789. The summed E-state index contributed by atoms with van der Waals surface area (Å²) in [5.41, 5.74) is 5.09. The second kappa shape index (κ2) is 5.99. The molecule has 0 rings (SSSR count). The van der Waals surface area contributed by atoms with Crippen LogP contribution in [0.2, 0.25) is 0 Å². The molecule has 74 valence electrons. The molecule has 2 N–H and O–H groups in total. The SMILES string of the molecule is CCOC(=O)CC(=O)O/N=C(/C)N. The van der Waals surface area contributed by atoms with Crippen LogP contribution in [0, 0.1) is 0 Å². The first-order chi connectivity index (χ1) is 6.06. The summed E-state index contributed by atoms with van der Waals surface area (Å²) in [5.74, 6) is -1.32. The number of nitrogens with two attached hydrogens (primary N) is 1. The van der Waals surface area contributed by atoms with E-state index in [1.54, 1.807) is 6.92 Å². The molecule has 0 bridgehead atoms. The summed E-state index contributed by atoms with van der Waals surface area (Å²) in [7, 11) is 0. The van der Waals surface area contributed by atoms with Crippen LogP contribution in [-0.4, -0.2) is 24.4 Å². The number of hydrogen-bond donors (Lipinski definition) is 1. The zero-order valence-corrected chi connectivity index (χ0v) is 7.57. The minimum absolute atomic E-state index is 0.109. The van der Waals surface area contributed by atoms with Crippen LogP contribution in [0.3, 0.4) is 0 Å². The van der Waals surface area contributed by atoms with Gasteiger partial charge in [-0.05, 0) is 13.8 Å². The van der Waals surface area contributed by atoms with Crippen molar-refractivity contribution < 1.29 is 19.2 Å². The van der Waals surface area contributed by atoms with Crippen molar-refractivity contribution in [2.45, 2.75) is 20.3 Å². The smallest absolute Gasteiger partial charge is 0.346 e. The summed E-state index contributed by atoms with van der Waals surface area (Å²) in [6.07, 6.45) is -0.454. The van der Waals surface area contributed by atoms with E-state index in [0.717, 1.165) is 0 Å². The second-order valence-electron chi connectivity index (χ2n) is 2.18. The van der Waals surface area contributed by atoms with Crippen LogP contribution in [0.1, 0.15) is 20.3 Å². The van der Waals surface area contributed by atoms with Crippen LogP contribution in [0.4, 0.5) is 0 Å². The Morgan fingerprint density at radius 1 is 1.38 bits per heavy atom. The summed E-state index contributed by atoms with van der Waals surface area (Å²) >= 11 is 0. The molecular weight excluding hydrogens is 176 g/mol. The van der Waals surface area contributed by atoms with Crippen molar-refractivity contribution in [3.8, 4) is 0 Å². The Hall–Kier alpha value is -1.59. The molecule has 0 atom stereocenters. The fraction of sp³-hybridized carbons (Fsp3) is 0.571. The first-order valence-corrected chi connectivity index (χ1v) is 3.71. The lowest BCUT2D eigenvalue weighted by atomic mass is 10.4. The molecule has 6 nitrogen and oxygen atoms in total. The molecule has 0 aliphatic heterocycles. The summed E-state index contributed by atoms with van der Waals surface area (Å²) < 4.78 is 4.50. The molecule has 0 aliphatic carbocycles. The maximum absolute atomic E-state index is 10.7. The van der Waals surface area contributed by atoms with E-state index in [2.05, 4.69) is 14.7 Å². The number of hydrogen-bond acceptors (Lipinski definition) is 5. The van der Waals surface area contributed by atoms with Crippen molar-refractivity contribution in [1.82, 2.24) is 0 Å². The monoisotopic (exact) mass is 188 g/mol. The lowest BCUT2D eigenvalue weighted by Gasteiger charge is -1.98. The molecule has 0 aromatic heterocycles. The number of carbonyl (C=O) groups excluding carboxylic acids is 2. The average molecular weight is 188 g/mol. The fourth-order valence-corrected chi connectivity index (χ4v) is 0.485. The Bertz CT molecular complexity index is 221. The van der Waals surface area contributed by atoms with Gasteiger partial charge in [-0.1, -0.05) is 5.16 Å². The maximum Gasteiger partial charge on any atom is 0.346 e. The van der Waals surface area contributed by atoms with Gasteiger partial charge in [-0.15, -0.1) is 0 Å². The molecule has 0 aromatic rings. The van der Waals surface area contributed by atoms with E-state index in [0.29, 0.717) is 0 Å². The molecule has 0 aromatic carbocycles. The lowest BCUT2D eigenvalue weighted by molar-refractivity contribution is -0.154. The summed E-state index contributed by atoms with van der Waals surface area (Å²) in [5, 5.41) is 3.17. The molecule has 0 heterocycles. The molecule has 0 fully saturated rings. The van der Waals surface area contributed by atoms with E-state index in [9.17, 15) is 9.59 Å². The van der Waals surface area contributed by atoms with Gasteiger partial charge in [0.15, 0.2) is 0 Å². The molecule has 0 aliphatic rings. The highest BCUT2D eigenvalue weighted by Crippen LogP contribution is 1.91. The fourth-order valence-electron chi connectivity index (χ4n) is 0.485. The standard InChI is InChI=1S/C7H12N2O4/c1-3-12-6(10)4-7(11)13-9-5(2)8/h3-4H2,1-2H3,(H2,8,9). The van der Waals surface area contributed by atoms with Crippen molar-refractivity contribution in [1.29, 1.82) is 0 Å². The third-order valence-electron chi connectivity index (χ3n) is 0.885. The van der Waals surface area contributed by atoms with Crippen LogP contribution < -0.4 is 5.73 Å². The number of nitrogens with zero attached hydrogens (tertiary/aromatic N) is 1. The van der Waals surface area contributed by atoms with E-state index < -0.39 is 18.4 Å². The number of amidine groups is 1. The molecular formula is C7H12N2O4. The summed E-state index contributed by atoms with van der Waals surface area (Å²) in [6.45, 7) is 3.33. The van der Waals surface area contributed by atoms with Gasteiger partial charge in [0.1, 0.15) is 12.3 Å². The van der Waals surface area contributed by atoms with Gasteiger partial charge >= 0.3 is 11.9 Å². The van der Waals surface area contributed by atoms with Crippen LogP contribution in [-0.2, 0) is 19.2 Å². The number of esters is 1. The van der Waals surface area contributed by atoms with Crippen LogP contribution in [0.5, 0.6) is 0 Å². The zero-order chi connectivity index (χ0) is 10.3. The Morgan fingerprint density at radius 2 is 2.00 bits per heavy atom. The van der Waals surface area contributed by atoms with Crippen molar-refractivity contribution in [3.63, 3.8) is 0 Å². The third-order valence-corrected chi connectivity index (χ3v) is 0.885. The van der Waals surface area contributed by atoms with Crippen molar-refractivity contribution in [3.05, 3.63) is 0 Å². The van der Waals surface area contributed by atoms with Gasteiger partial charge < -0.3 is 15.3 Å². The van der Waals surface area contributed by atoms with Crippen molar-refractivity contribution in [2.75, 3.05) is 6.61 Å². The molecule has 13 heavy (non-hydrogen) atoms. The molecule has 0 radical (unpaired) electrons. The largest absolute Gasteiger partial charge is 0.466 e. The second-order valence-corrected chi connectivity index (χ2v) is 2.18. The predicted molar refractivity (Wildman–Crippen MR) is 44.6 cm³/mol. The number of ether oxygens (including phenoxy) is 1.